The molecule has 1 aromatic carbocycles. The van der Waals surface area contributed by atoms with Gasteiger partial charge in [0.1, 0.15) is 11.6 Å². The number of benzene rings is 1. The van der Waals surface area contributed by atoms with E-state index in [4.69, 9.17) is 10.5 Å². The maximum absolute atomic E-state index is 10.8. The molecule has 0 bridgehead atoms. The summed E-state index contributed by atoms with van der Waals surface area (Å²) >= 11 is 0. The van der Waals surface area contributed by atoms with E-state index in [0.717, 1.165) is 28.6 Å². The van der Waals surface area contributed by atoms with Crippen LogP contribution in [0, 0.1) is 0 Å². The third-order valence-electron chi connectivity index (χ3n) is 3.56. The summed E-state index contributed by atoms with van der Waals surface area (Å²) in [5.41, 5.74) is 8.56. The van der Waals surface area contributed by atoms with E-state index in [0.29, 0.717) is 24.7 Å². The van der Waals surface area contributed by atoms with Crippen molar-refractivity contribution in [1.29, 1.82) is 0 Å². The number of nitrogens with one attached hydrogen (secondary N) is 2. The van der Waals surface area contributed by atoms with Gasteiger partial charge in [-0.05, 0) is 24.6 Å². The Hall–Kier alpha value is -3.09. The molecule has 0 saturated heterocycles. The van der Waals surface area contributed by atoms with Crippen LogP contribution in [0.25, 0.3) is 22.2 Å². The highest BCUT2D eigenvalue weighted by Gasteiger charge is 2.08. The Morgan fingerprint density at radius 1 is 1.33 bits per heavy atom. The zero-order valence-electron chi connectivity index (χ0n) is 13.4. The lowest BCUT2D eigenvalue weighted by Crippen LogP contribution is -2.22. The normalized spacial score (nSPS) is 10.7. The minimum absolute atomic E-state index is 0.0417. The summed E-state index contributed by atoms with van der Waals surface area (Å²) in [4.78, 5) is 15.2. The highest BCUT2D eigenvalue weighted by atomic mass is 16.5. The van der Waals surface area contributed by atoms with Gasteiger partial charge in [0.2, 0.25) is 5.91 Å². The Bertz CT molecular complexity index is 846. The first-order valence-electron chi connectivity index (χ1n) is 7.71. The Morgan fingerprint density at radius 2 is 2.21 bits per heavy atom. The van der Waals surface area contributed by atoms with Gasteiger partial charge in [0.05, 0.1) is 17.8 Å². The largest absolute Gasteiger partial charge is 0.493 e. The molecule has 0 aliphatic carbocycles. The maximum Gasteiger partial charge on any atom is 0.216 e. The number of hydrogen-bond donors (Lipinski definition) is 3. The lowest BCUT2D eigenvalue weighted by molar-refractivity contribution is -0.118. The molecule has 0 saturated carbocycles. The number of pyridine rings is 1. The van der Waals surface area contributed by atoms with Gasteiger partial charge in [-0.15, -0.1) is 0 Å². The summed E-state index contributed by atoms with van der Waals surface area (Å²) in [6, 6.07) is 9.51. The maximum atomic E-state index is 10.8. The quantitative estimate of drug-likeness (QED) is 0.602. The van der Waals surface area contributed by atoms with E-state index >= 15 is 0 Å². The summed E-state index contributed by atoms with van der Waals surface area (Å²) in [6.07, 6.45) is 2.42. The predicted molar refractivity (Wildman–Crippen MR) is 92.5 cm³/mol. The highest BCUT2D eigenvalue weighted by Crippen LogP contribution is 2.30. The number of nitrogens with two attached hydrogens (primary N) is 1. The molecule has 0 radical (unpaired) electrons. The van der Waals surface area contributed by atoms with Gasteiger partial charge in [-0.3, -0.25) is 9.89 Å². The van der Waals surface area contributed by atoms with E-state index in [-0.39, 0.29) is 5.91 Å². The molecule has 0 atom stereocenters. The van der Waals surface area contributed by atoms with Gasteiger partial charge < -0.3 is 15.8 Å². The van der Waals surface area contributed by atoms with Crippen molar-refractivity contribution in [3.8, 4) is 17.0 Å². The SMILES string of the molecule is CC(=O)NCCCOc1cc(N)nc2cc(-c3ccn[nH]3)ccc12. The van der Waals surface area contributed by atoms with E-state index in [1.54, 1.807) is 12.3 Å². The molecule has 2 heterocycles. The molecule has 124 valence electrons. The molecule has 3 aromatic rings. The molecule has 4 N–H and O–H groups in total. The lowest BCUT2D eigenvalue weighted by Gasteiger charge is -2.11. The van der Waals surface area contributed by atoms with E-state index in [2.05, 4.69) is 20.5 Å². The van der Waals surface area contributed by atoms with Gasteiger partial charge in [0, 0.05) is 36.7 Å². The number of hydrogen-bond acceptors (Lipinski definition) is 5. The van der Waals surface area contributed by atoms with Crippen LogP contribution in [0.2, 0.25) is 0 Å². The average molecular weight is 325 g/mol. The van der Waals surface area contributed by atoms with Crippen LogP contribution in [0.1, 0.15) is 13.3 Å². The third-order valence-corrected chi connectivity index (χ3v) is 3.56. The molecule has 1 amide bonds. The van der Waals surface area contributed by atoms with Crippen LogP contribution in [-0.4, -0.2) is 34.2 Å². The molecule has 2 aromatic heterocycles. The van der Waals surface area contributed by atoms with Crippen molar-refractivity contribution in [3.63, 3.8) is 0 Å². The van der Waals surface area contributed by atoms with Crippen molar-refractivity contribution in [3.05, 3.63) is 36.5 Å². The van der Waals surface area contributed by atoms with Crippen molar-refractivity contribution in [2.45, 2.75) is 13.3 Å². The number of nitrogens with zero attached hydrogens (tertiary/aromatic N) is 2. The Labute approximate surface area is 139 Å². The number of carbonyl (C=O) groups excluding carboxylic acids is 1. The van der Waals surface area contributed by atoms with Crippen LogP contribution in [0.5, 0.6) is 5.75 Å². The molecule has 7 nitrogen and oxygen atoms in total. The number of rotatable bonds is 6. The van der Waals surface area contributed by atoms with Crippen LogP contribution in [0.4, 0.5) is 5.82 Å². The summed E-state index contributed by atoms with van der Waals surface area (Å²) in [5.74, 6) is 1.05. The number of carbonyl (C=O) groups is 1. The first kappa shape index (κ1) is 15.8. The molecule has 3 rings (SSSR count). The molecule has 0 spiro atoms. The topological polar surface area (TPSA) is 106 Å². The van der Waals surface area contributed by atoms with E-state index in [1.165, 1.54) is 6.92 Å². The zero-order valence-corrected chi connectivity index (χ0v) is 13.4. The first-order valence-corrected chi connectivity index (χ1v) is 7.71. The predicted octanol–water partition coefficient (Wildman–Crippen LogP) is 2.11. The van der Waals surface area contributed by atoms with Crippen molar-refractivity contribution < 1.29 is 9.53 Å². The Balaban J connectivity index is 1.79. The number of H-pyrrole nitrogens is 1. The van der Waals surface area contributed by atoms with Gasteiger partial charge >= 0.3 is 0 Å². The standard InChI is InChI=1S/C17H19N5O2/c1-11(23)19-6-2-8-24-16-10-17(18)21-15-9-12(3-4-13(15)16)14-5-7-20-22-14/h3-5,7,9-10H,2,6,8H2,1H3,(H2,18,21)(H,19,23)(H,20,22). The van der Waals surface area contributed by atoms with Crippen molar-refractivity contribution in [2.75, 3.05) is 18.9 Å². The summed E-state index contributed by atoms with van der Waals surface area (Å²) in [7, 11) is 0. The fourth-order valence-corrected chi connectivity index (χ4v) is 2.44. The first-order chi connectivity index (χ1) is 11.6. The van der Waals surface area contributed by atoms with Crippen LogP contribution in [0.3, 0.4) is 0 Å². The highest BCUT2D eigenvalue weighted by molar-refractivity contribution is 5.89. The van der Waals surface area contributed by atoms with Gasteiger partial charge in [-0.1, -0.05) is 6.07 Å². The average Bonchev–Trinajstić information content (AvgIpc) is 3.07. The minimum Gasteiger partial charge on any atom is -0.493 e. The fourth-order valence-electron chi connectivity index (χ4n) is 2.44. The molecular weight excluding hydrogens is 306 g/mol. The van der Waals surface area contributed by atoms with Crippen molar-refractivity contribution in [1.82, 2.24) is 20.5 Å². The van der Waals surface area contributed by atoms with Gasteiger partial charge in [-0.2, -0.15) is 5.10 Å². The number of ether oxygens (including phenoxy) is 1. The third kappa shape index (κ3) is 3.62. The van der Waals surface area contributed by atoms with Crippen LogP contribution < -0.4 is 15.8 Å². The molecule has 7 heteroatoms. The molecule has 0 aliphatic heterocycles. The number of aromatic amines is 1. The van der Waals surface area contributed by atoms with Crippen LogP contribution in [-0.2, 0) is 4.79 Å². The Kier molecular flexibility index (Phi) is 4.60. The second-order valence-corrected chi connectivity index (χ2v) is 5.43. The van der Waals surface area contributed by atoms with Gasteiger partial charge in [0.25, 0.3) is 0 Å². The van der Waals surface area contributed by atoms with E-state index in [1.807, 2.05) is 24.3 Å². The number of amides is 1. The van der Waals surface area contributed by atoms with E-state index in [9.17, 15) is 4.79 Å². The van der Waals surface area contributed by atoms with Crippen molar-refractivity contribution in [2.24, 2.45) is 0 Å². The molecule has 0 fully saturated rings. The number of fused-ring (bicyclic) bond motifs is 1. The minimum atomic E-state index is -0.0417. The summed E-state index contributed by atoms with van der Waals surface area (Å²) < 4.78 is 5.82. The van der Waals surface area contributed by atoms with Gasteiger partial charge in [-0.25, -0.2) is 4.98 Å². The van der Waals surface area contributed by atoms with E-state index < -0.39 is 0 Å². The molecular formula is C17H19N5O2. The molecule has 24 heavy (non-hydrogen) atoms. The number of nitrogen functional groups attached to an aromatic ring is 1. The van der Waals surface area contributed by atoms with Gasteiger partial charge in [0.15, 0.2) is 0 Å². The fraction of sp³-hybridized carbons (Fsp3) is 0.235. The summed E-state index contributed by atoms with van der Waals surface area (Å²) in [5, 5.41) is 10.5. The van der Waals surface area contributed by atoms with Crippen molar-refractivity contribution >= 4 is 22.6 Å². The monoisotopic (exact) mass is 325 g/mol. The Morgan fingerprint density at radius 3 is 2.96 bits per heavy atom. The second kappa shape index (κ2) is 6.99. The van der Waals surface area contributed by atoms with Crippen LogP contribution >= 0.6 is 0 Å². The number of anilines is 1. The lowest BCUT2D eigenvalue weighted by atomic mass is 10.1. The second-order valence-electron chi connectivity index (χ2n) is 5.43. The zero-order chi connectivity index (χ0) is 16.9. The smallest absolute Gasteiger partial charge is 0.216 e. The molecule has 0 unspecified atom stereocenters. The molecule has 0 aliphatic rings. The summed E-state index contributed by atoms with van der Waals surface area (Å²) in [6.45, 7) is 2.56. The number of aromatic nitrogens is 3. The van der Waals surface area contributed by atoms with Crippen LogP contribution in [0.15, 0.2) is 36.5 Å².